The zero-order chi connectivity index (χ0) is 20.3. The average molecular weight is 388 g/mol. The van der Waals surface area contributed by atoms with Gasteiger partial charge >= 0.3 is 0 Å². The molecule has 0 bridgehead atoms. The molecular formula is C21H24O7. The largest absolute Gasteiger partial charge is 0.504 e. The summed E-state index contributed by atoms with van der Waals surface area (Å²) in [4.78, 5) is 0. The molecule has 1 aliphatic heterocycles. The van der Waals surface area contributed by atoms with Crippen LogP contribution in [0, 0.1) is 0 Å². The summed E-state index contributed by atoms with van der Waals surface area (Å²) in [5, 5.41) is 29.5. The van der Waals surface area contributed by atoms with E-state index in [0.717, 1.165) is 16.7 Å². The summed E-state index contributed by atoms with van der Waals surface area (Å²) in [7, 11) is 4.43. The van der Waals surface area contributed by atoms with Crippen molar-refractivity contribution in [1.82, 2.24) is 0 Å². The number of aliphatic hydroxyl groups is 2. The standard InChI is InChI=1S/C21H24O7/c1-25-17-10-13(5-6-16(17)23)20-15(11-22)14-8-12(4-7-19(24)27-3)9-18(26-2)21(14)28-20/h4-10,15,19-20,22-24H,11H2,1-3H3. The molecule has 7 heteroatoms. The second kappa shape index (κ2) is 8.52. The van der Waals surface area contributed by atoms with Gasteiger partial charge in [0.2, 0.25) is 0 Å². The molecule has 0 spiro atoms. The van der Waals surface area contributed by atoms with E-state index in [-0.39, 0.29) is 18.3 Å². The summed E-state index contributed by atoms with van der Waals surface area (Å²) in [6.07, 6.45) is 1.74. The summed E-state index contributed by atoms with van der Waals surface area (Å²) < 4.78 is 21.6. The Labute approximate surface area is 163 Å². The third-order valence-electron chi connectivity index (χ3n) is 4.76. The van der Waals surface area contributed by atoms with Crippen molar-refractivity contribution in [2.45, 2.75) is 18.3 Å². The van der Waals surface area contributed by atoms with Crippen LogP contribution in [0.4, 0.5) is 0 Å². The van der Waals surface area contributed by atoms with Crippen molar-refractivity contribution in [1.29, 1.82) is 0 Å². The first-order valence-electron chi connectivity index (χ1n) is 8.77. The predicted octanol–water partition coefficient (Wildman–Crippen LogP) is 2.60. The van der Waals surface area contributed by atoms with Gasteiger partial charge in [0.25, 0.3) is 0 Å². The molecule has 0 amide bonds. The number of hydrogen-bond acceptors (Lipinski definition) is 7. The number of rotatable bonds is 7. The van der Waals surface area contributed by atoms with Crippen molar-refractivity contribution in [2.24, 2.45) is 0 Å². The molecule has 0 saturated heterocycles. The van der Waals surface area contributed by atoms with E-state index in [2.05, 4.69) is 0 Å². The second-order valence-electron chi connectivity index (χ2n) is 6.39. The van der Waals surface area contributed by atoms with Crippen LogP contribution < -0.4 is 14.2 Å². The molecule has 3 rings (SSSR count). The molecule has 3 unspecified atom stereocenters. The highest BCUT2D eigenvalue weighted by Gasteiger charge is 2.37. The highest BCUT2D eigenvalue weighted by Crippen LogP contribution is 2.51. The van der Waals surface area contributed by atoms with Gasteiger partial charge < -0.3 is 34.3 Å². The van der Waals surface area contributed by atoms with Crippen LogP contribution in [-0.2, 0) is 4.74 Å². The van der Waals surface area contributed by atoms with Gasteiger partial charge in [0.1, 0.15) is 6.10 Å². The van der Waals surface area contributed by atoms with Crippen LogP contribution >= 0.6 is 0 Å². The number of aliphatic hydroxyl groups excluding tert-OH is 2. The lowest BCUT2D eigenvalue weighted by molar-refractivity contribution is -0.0350. The van der Waals surface area contributed by atoms with Crippen molar-refractivity contribution in [3.05, 3.63) is 53.1 Å². The first-order valence-corrected chi connectivity index (χ1v) is 8.77. The molecule has 150 valence electrons. The molecule has 0 aliphatic carbocycles. The normalized spacial score (nSPS) is 19.3. The maximum absolute atomic E-state index is 10.1. The van der Waals surface area contributed by atoms with Crippen molar-refractivity contribution in [3.63, 3.8) is 0 Å². The Bertz CT molecular complexity index is 862. The Morgan fingerprint density at radius 3 is 2.50 bits per heavy atom. The fraction of sp³-hybridized carbons (Fsp3) is 0.333. The van der Waals surface area contributed by atoms with Gasteiger partial charge in [-0.25, -0.2) is 0 Å². The molecular weight excluding hydrogens is 364 g/mol. The smallest absolute Gasteiger partial charge is 0.174 e. The van der Waals surface area contributed by atoms with E-state index in [1.165, 1.54) is 26.4 Å². The minimum absolute atomic E-state index is 0.0315. The van der Waals surface area contributed by atoms with E-state index in [9.17, 15) is 15.3 Å². The molecule has 0 radical (unpaired) electrons. The van der Waals surface area contributed by atoms with Crippen molar-refractivity contribution < 1.29 is 34.3 Å². The molecule has 1 heterocycles. The van der Waals surface area contributed by atoms with E-state index >= 15 is 0 Å². The van der Waals surface area contributed by atoms with E-state index in [4.69, 9.17) is 18.9 Å². The van der Waals surface area contributed by atoms with Crippen LogP contribution in [0.3, 0.4) is 0 Å². The SMILES string of the molecule is COc1cc(C2Oc3c(OC)cc(C=CC(O)OC)cc3C2CO)ccc1O. The highest BCUT2D eigenvalue weighted by atomic mass is 16.6. The van der Waals surface area contributed by atoms with Crippen LogP contribution in [-0.4, -0.2) is 49.5 Å². The lowest BCUT2D eigenvalue weighted by Crippen LogP contribution is -2.13. The van der Waals surface area contributed by atoms with E-state index in [0.29, 0.717) is 17.2 Å². The minimum Gasteiger partial charge on any atom is -0.504 e. The van der Waals surface area contributed by atoms with Crippen LogP contribution in [0.15, 0.2) is 36.4 Å². The quantitative estimate of drug-likeness (QED) is 0.627. The number of aromatic hydroxyl groups is 1. The summed E-state index contributed by atoms with van der Waals surface area (Å²) >= 11 is 0. The zero-order valence-corrected chi connectivity index (χ0v) is 16.0. The van der Waals surface area contributed by atoms with Gasteiger partial charge in [-0.1, -0.05) is 12.1 Å². The number of ether oxygens (including phenoxy) is 4. The second-order valence-corrected chi connectivity index (χ2v) is 6.39. The summed E-state index contributed by atoms with van der Waals surface area (Å²) in [5.41, 5.74) is 2.34. The van der Waals surface area contributed by atoms with Gasteiger partial charge in [0.05, 0.1) is 26.7 Å². The molecule has 0 fully saturated rings. The first kappa shape index (κ1) is 20.0. The fourth-order valence-corrected chi connectivity index (χ4v) is 3.31. The fourth-order valence-electron chi connectivity index (χ4n) is 3.31. The monoisotopic (exact) mass is 388 g/mol. The number of benzene rings is 2. The topological polar surface area (TPSA) is 97.6 Å². The Morgan fingerprint density at radius 1 is 1.11 bits per heavy atom. The van der Waals surface area contributed by atoms with Gasteiger partial charge in [0.15, 0.2) is 29.3 Å². The molecule has 3 N–H and O–H groups in total. The molecule has 28 heavy (non-hydrogen) atoms. The zero-order valence-electron chi connectivity index (χ0n) is 16.0. The van der Waals surface area contributed by atoms with E-state index in [1.807, 2.05) is 6.07 Å². The number of phenols is 1. The Morgan fingerprint density at radius 2 is 1.86 bits per heavy atom. The van der Waals surface area contributed by atoms with Gasteiger partial charge in [-0.3, -0.25) is 0 Å². The van der Waals surface area contributed by atoms with E-state index < -0.39 is 12.4 Å². The van der Waals surface area contributed by atoms with Gasteiger partial charge in [-0.15, -0.1) is 0 Å². The van der Waals surface area contributed by atoms with Gasteiger partial charge in [-0.2, -0.15) is 0 Å². The summed E-state index contributed by atoms with van der Waals surface area (Å²) in [6, 6.07) is 8.63. The van der Waals surface area contributed by atoms with Crippen molar-refractivity contribution in [2.75, 3.05) is 27.9 Å². The lowest BCUT2D eigenvalue weighted by atomic mass is 9.90. The Balaban J connectivity index is 2.01. The average Bonchev–Trinajstić information content (AvgIpc) is 3.10. The third-order valence-corrected chi connectivity index (χ3v) is 4.76. The molecule has 7 nitrogen and oxygen atoms in total. The van der Waals surface area contributed by atoms with Crippen LogP contribution in [0.2, 0.25) is 0 Å². The third kappa shape index (κ3) is 3.77. The summed E-state index contributed by atoms with van der Waals surface area (Å²) in [5.74, 6) is 1.11. The molecule has 3 atom stereocenters. The first-order chi connectivity index (χ1) is 13.5. The molecule has 1 aliphatic rings. The van der Waals surface area contributed by atoms with Crippen LogP contribution in [0.5, 0.6) is 23.0 Å². The van der Waals surface area contributed by atoms with Crippen LogP contribution in [0.1, 0.15) is 28.7 Å². The lowest BCUT2D eigenvalue weighted by Gasteiger charge is -2.18. The number of phenolic OH excluding ortho intramolecular Hbond substituents is 1. The molecule has 2 aromatic rings. The minimum atomic E-state index is -1.01. The maximum atomic E-state index is 10.1. The van der Waals surface area contributed by atoms with Gasteiger partial charge in [0, 0.05) is 12.7 Å². The molecule has 0 saturated carbocycles. The van der Waals surface area contributed by atoms with Crippen molar-refractivity contribution >= 4 is 6.08 Å². The predicted molar refractivity (Wildman–Crippen MR) is 103 cm³/mol. The number of fused-ring (bicyclic) bond motifs is 1. The maximum Gasteiger partial charge on any atom is 0.174 e. The number of hydrogen-bond donors (Lipinski definition) is 3. The van der Waals surface area contributed by atoms with Crippen LogP contribution in [0.25, 0.3) is 6.08 Å². The summed E-state index contributed by atoms with van der Waals surface area (Å²) in [6.45, 7) is -0.141. The van der Waals surface area contributed by atoms with Crippen molar-refractivity contribution in [3.8, 4) is 23.0 Å². The Kier molecular flexibility index (Phi) is 6.08. The highest BCUT2D eigenvalue weighted by molar-refractivity contribution is 5.62. The molecule has 0 aromatic heterocycles. The molecule has 2 aromatic carbocycles. The number of methoxy groups -OCH3 is 3. The van der Waals surface area contributed by atoms with Gasteiger partial charge in [-0.05, 0) is 41.5 Å². The Hall–Kier alpha value is -2.74. The van der Waals surface area contributed by atoms with E-state index in [1.54, 1.807) is 31.4 Å².